The first kappa shape index (κ1) is 12.5. The molecule has 0 aliphatic carbocycles. The zero-order chi connectivity index (χ0) is 14.3. The molecule has 0 saturated carbocycles. The lowest BCUT2D eigenvalue weighted by Gasteiger charge is -2.15. The van der Waals surface area contributed by atoms with Crippen molar-refractivity contribution in [2.45, 2.75) is 20.8 Å². The van der Waals surface area contributed by atoms with Crippen LogP contribution in [0.1, 0.15) is 31.1 Å². The third kappa shape index (κ3) is 1.99. The molecule has 0 radical (unpaired) electrons. The minimum atomic E-state index is -0.458. The predicted octanol–water partition coefficient (Wildman–Crippen LogP) is 2.58. The molecule has 0 aromatic carbocycles. The van der Waals surface area contributed by atoms with Crippen LogP contribution in [0.5, 0.6) is 0 Å². The van der Waals surface area contributed by atoms with Crippen LogP contribution in [0.25, 0.3) is 22.6 Å². The van der Waals surface area contributed by atoms with E-state index in [4.69, 9.17) is 0 Å². The number of nitrogens with zero attached hydrogens (tertiary/aromatic N) is 3. The minimum absolute atomic E-state index is 0.0415. The SMILES string of the molecule is CC(C)(C)C(=O)c1c[nH]c2ncc(-c3ccn[nH]3)nc12. The van der Waals surface area contributed by atoms with Crippen LogP contribution in [-0.4, -0.2) is 30.9 Å². The summed E-state index contributed by atoms with van der Waals surface area (Å²) in [6.45, 7) is 5.67. The largest absolute Gasteiger partial charge is 0.344 e. The standard InChI is InChI=1S/C14H15N5O/c1-14(2,3)12(20)8-6-15-13-11(8)18-10(7-16-13)9-4-5-17-19-9/h4-7H,1-3H3,(H,15,16)(H,17,19). The molecule has 0 saturated heterocycles. The second kappa shape index (κ2) is 4.26. The fraction of sp³-hybridized carbons (Fsp3) is 0.286. The number of H-pyrrole nitrogens is 2. The Kier molecular flexibility index (Phi) is 2.67. The number of ketones is 1. The van der Waals surface area contributed by atoms with Crippen molar-refractivity contribution in [1.82, 2.24) is 25.1 Å². The van der Waals surface area contributed by atoms with E-state index in [1.165, 1.54) is 0 Å². The van der Waals surface area contributed by atoms with E-state index in [2.05, 4.69) is 25.1 Å². The van der Waals surface area contributed by atoms with Gasteiger partial charge < -0.3 is 4.98 Å². The molecule has 0 fully saturated rings. The zero-order valence-corrected chi connectivity index (χ0v) is 11.6. The zero-order valence-electron chi connectivity index (χ0n) is 11.6. The van der Waals surface area contributed by atoms with Crippen molar-refractivity contribution in [2.75, 3.05) is 0 Å². The number of hydrogen-bond acceptors (Lipinski definition) is 4. The summed E-state index contributed by atoms with van der Waals surface area (Å²) in [5.74, 6) is 0.0415. The van der Waals surface area contributed by atoms with E-state index in [9.17, 15) is 4.79 Å². The van der Waals surface area contributed by atoms with Crippen molar-refractivity contribution in [3.05, 3.63) is 30.2 Å². The maximum absolute atomic E-state index is 12.4. The molecule has 0 aliphatic rings. The monoisotopic (exact) mass is 269 g/mol. The molecule has 3 aromatic heterocycles. The smallest absolute Gasteiger partial charge is 0.171 e. The number of aromatic nitrogens is 5. The van der Waals surface area contributed by atoms with Gasteiger partial charge in [0.1, 0.15) is 11.2 Å². The summed E-state index contributed by atoms with van der Waals surface area (Å²) in [5.41, 5.74) is 2.76. The molecule has 6 heteroatoms. The molecule has 2 N–H and O–H groups in total. The van der Waals surface area contributed by atoms with Gasteiger partial charge in [0, 0.05) is 17.8 Å². The Morgan fingerprint density at radius 1 is 1.30 bits per heavy atom. The van der Waals surface area contributed by atoms with Gasteiger partial charge in [-0.3, -0.25) is 9.89 Å². The first-order valence-electron chi connectivity index (χ1n) is 6.35. The van der Waals surface area contributed by atoms with E-state index in [1.807, 2.05) is 26.8 Å². The summed E-state index contributed by atoms with van der Waals surface area (Å²) in [6.07, 6.45) is 4.98. The minimum Gasteiger partial charge on any atom is -0.344 e. The number of rotatable bonds is 2. The quantitative estimate of drug-likeness (QED) is 0.700. The molecule has 0 aliphatic heterocycles. The summed E-state index contributed by atoms with van der Waals surface area (Å²) < 4.78 is 0. The van der Waals surface area contributed by atoms with Crippen LogP contribution in [0.4, 0.5) is 0 Å². The highest BCUT2D eigenvalue weighted by molar-refractivity contribution is 6.08. The molecule has 20 heavy (non-hydrogen) atoms. The second-order valence-corrected chi connectivity index (χ2v) is 5.70. The molecule has 0 bridgehead atoms. The average Bonchev–Trinajstić information content (AvgIpc) is 3.05. The normalized spacial score (nSPS) is 11.9. The lowest BCUT2D eigenvalue weighted by Crippen LogP contribution is -2.20. The van der Waals surface area contributed by atoms with Crippen molar-refractivity contribution < 1.29 is 4.79 Å². The molecule has 3 heterocycles. The Morgan fingerprint density at radius 2 is 2.10 bits per heavy atom. The van der Waals surface area contributed by atoms with E-state index in [0.29, 0.717) is 22.4 Å². The number of carbonyl (C=O) groups is 1. The Morgan fingerprint density at radius 3 is 2.75 bits per heavy atom. The van der Waals surface area contributed by atoms with E-state index in [0.717, 1.165) is 5.69 Å². The molecule has 102 valence electrons. The van der Waals surface area contributed by atoms with Gasteiger partial charge >= 0.3 is 0 Å². The maximum atomic E-state index is 12.4. The fourth-order valence-electron chi connectivity index (χ4n) is 2.00. The van der Waals surface area contributed by atoms with E-state index in [1.54, 1.807) is 18.6 Å². The highest BCUT2D eigenvalue weighted by Gasteiger charge is 2.26. The third-order valence-corrected chi connectivity index (χ3v) is 3.08. The molecule has 0 atom stereocenters. The Hall–Kier alpha value is -2.50. The Balaban J connectivity index is 2.16. The van der Waals surface area contributed by atoms with Crippen molar-refractivity contribution >= 4 is 16.9 Å². The van der Waals surface area contributed by atoms with Gasteiger partial charge in [0.15, 0.2) is 11.4 Å². The molecule has 0 amide bonds. The first-order chi connectivity index (χ1) is 9.47. The second-order valence-electron chi connectivity index (χ2n) is 5.70. The number of Topliss-reactive ketones (excluding diaryl/α,β-unsaturated/α-hetero) is 1. The van der Waals surface area contributed by atoms with Gasteiger partial charge in [-0.2, -0.15) is 5.10 Å². The van der Waals surface area contributed by atoms with Crippen molar-refractivity contribution in [2.24, 2.45) is 5.41 Å². The molecule has 3 aromatic rings. The topological polar surface area (TPSA) is 87.3 Å². The van der Waals surface area contributed by atoms with E-state index >= 15 is 0 Å². The van der Waals surface area contributed by atoms with Crippen LogP contribution in [0.15, 0.2) is 24.7 Å². The van der Waals surface area contributed by atoms with Crippen LogP contribution in [-0.2, 0) is 0 Å². The van der Waals surface area contributed by atoms with Gasteiger partial charge in [-0.15, -0.1) is 0 Å². The van der Waals surface area contributed by atoms with E-state index < -0.39 is 5.41 Å². The predicted molar refractivity (Wildman–Crippen MR) is 75.3 cm³/mol. The molecular weight excluding hydrogens is 254 g/mol. The first-order valence-corrected chi connectivity index (χ1v) is 6.35. The van der Waals surface area contributed by atoms with Crippen molar-refractivity contribution in [3.8, 4) is 11.4 Å². The van der Waals surface area contributed by atoms with Crippen molar-refractivity contribution in [1.29, 1.82) is 0 Å². The van der Waals surface area contributed by atoms with Gasteiger partial charge in [0.05, 0.1) is 17.5 Å². The third-order valence-electron chi connectivity index (χ3n) is 3.08. The number of hydrogen-bond donors (Lipinski definition) is 2. The van der Waals surface area contributed by atoms with Crippen molar-refractivity contribution in [3.63, 3.8) is 0 Å². The van der Waals surface area contributed by atoms with Crippen LogP contribution >= 0.6 is 0 Å². The number of nitrogens with one attached hydrogen (secondary N) is 2. The number of fused-ring (bicyclic) bond motifs is 1. The lowest BCUT2D eigenvalue weighted by atomic mass is 9.87. The summed E-state index contributed by atoms with van der Waals surface area (Å²) in [6, 6.07) is 1.81. The summed E-state index contributed by atoms with van der Waals surface area (Å²) in [7, 11) is 0. The highest BCUT2D eigenvalue weighted by atomic mass is 16.1. The molecule has 0 unspecified atom stereocenters. The average molecular weight is 269 g/mol. The number of aromatic amines is 2. The fourth-order valence-corrected chi connectivity index (χ4v) is 2.00. The van der Waals surface area contributed by atoms with Gasteiger partial charge in [-0.1, -0.05) is 20.8 Å². The summed E-state index contributed by atoms with van der Waals surface area (Å²) in [5, 5.41) is 6.74. The van der Waals surface area contributed by atoms with Crippen LogP contribution in [0, 0.1) is 5.41 Å². The van der Waals surface area contributed by atoms with Gasteiger partial charge in [0.25, 0.3) is 0 Å². The Bertz CT molecular complexity index is 765. The Labute approximate surface area is 115 Å². The van der Waals surface area contributed by atoms with Gasteiger partial charge in [-0.25, -0.2) is 9.97 Å². The van der Waals surface area contributed by atoms with Crippen LogP contribution in [0.2, 0.25) is 0 Å². The number of carbonyl (C=O) groups excluding carboxylic acids is 1. The molecular formula is C14H15N5O. The summed E-state index contributed by atoms with van der Waals surface area (Å²) >= 11 is 0. The maximum Gasteiger partial charge on any atom is 0.171 e. The molecule has 6 nitrogen and oxygen atoms in total. The van der Waals surface area contributed by atoms with Crippen LogP contribution < -0.4 is 0 Å². The summed E-state index contributed by atoms with van der Waals surface area (Å²) in [4.78, 5) is 24.3. The van der Waals surface area contributed by atoms with Gasteiger partial charge in [-0.05, 0) is 6.07 Å². The van der Waals surface area contributed by atoms with Crippen LogP contribution in [0.3, 0.4) is 0 Å². The van der Waals surface area contributed by atoms with E-state index in [-0.39, 0.29) is 5.78 Å². The molecule has 3 rings (SSSR count). The lowest BCUT2D eigenvalue weighted by molar-refractivity contribution is 0.0860. The highest BCUT2D eigenvalue weighted by Crippen LogP contribution is 2.26. The van der Waals surface area contributed by atoms with Gasteiger partial charge in [0.2, 0.25) is 0 Å². The molecule has 0 spiro atoms.